The van der Waals surface area contributed by atoms with Gasteiger partial charge in [-0.3, -0.25) is 14.9 Å². The molecule has 1 amide bonds. The molecule has 6 heteroatoms. The molecular formula is C13H18N2O3S. The number of nitrogens with one attached hydrogen (secondary N) is 2. The summed E-state index contributed by atoms with van der Waals surface area (Å²) in [5, 5.41) is 14.0. The molecule has 3 N–H and O–H groups in total. The van der Waals surface area contributed by atoms with E-state index in [0.717, 1.165) is 10.6 Å². The third kappa shape index (κ3) is 6.83. The summed E-state index contributed by atoms with van der Waals surface area (Å²) in [5.41, 5.74) is 0. The third-order valence-electron chi connectivity index (χ3n) is 2.38. The smallest absolute Gasteiger partial charge is 0.320 e. The van der Waals surface area contributed by atoms with Gasteiger partial charge >= 0.3 is 5.97 Å². The Morgan fingerprint density at radius 1 is 1.32 bits per heavy atom. The molecule has 0 heterocycles. The van der Waals surface area contributed by atoms with Gasteiger partial charge in [-0.25, -0.2) is 0 Å². The van der Waals surface area contributed by atoms with Crippen LogP contribution in [-0.2, 0) is 9.59 Å². The second kappa shape index (κ2) is 8.55. The zero-order valence-corrected chi connectivity index (χ0v) is 11.6. The first-order valence-corrected chi connectivity index (χ1v) is 6.99. The quantitative estimate of drug-likeness (QED) is 0.489. The van der Waals surface area contributed by atoms with E-state index >= 15 is 0 Å². The largest absolute Gasteiger partial charge is 0.480 e. The lowest BCUT2D eigenvalue weighted by Gasteiger charge is -2.09. The molecule has 0 fully saturated rings. The number of carboxylic acids is 1. The topological polar surface area (TPSA) is 78.4 Å². The first kappa shape index (κ1) is 15.5. The molecular weight excluding hydrogens is 264 g/mol. The predicted octanol–water partition coefficient (Wildman–Crippen LogP) is 0.958. The van der Waals surface area contributed by atoms with Crippen molar-refractivity contribution in [2.24, 2.45) is 0 Å². The van der Waals surface area contributed by atoms with Crippen LogP contribution in [0.1, 0.15) is 6.92 Å². The summed E-state index contributed by atoms with van der Waals surface area (Å²) in [6.45, 7) is 2.08. The fourth-order valence-electron chi connectivity index (χ4n) is 1.27. The second-order valence-electron chi connectivity index (χ2n) is 3.95. The number of benzene rings is 1. The molecule has 1 atom stereocenters. The molecule has 0 unspecified atom stereocenters. The summed E-state index contributed by atoms with van der Waals surface area (Å²) in [5.74, 6) is -0.376. The summed E-state index contributed by atoms with van der Waals surface area (Å²) in [6.07, 6.45) is 0. The number of hydrogen-bond donors (Lipinski definition) is 3. The monoisotopic (exact) mass is 282 g/mol. The van der Waals surface area contributed by atoms with Crippen molar-refractivity contribution >= 4 is 23.6 Å². The highest BCUT2D eigenvalue weighted by Crippen LogP contribution is 2.15. The van der Waals surface area contributed by atoms with E-state index in [1.54, 1.807) is 11.8 Å². The maximum Gasteiger partial charge on any atom is 0.320 e. The number of carboxylic acid groups (broad SMARTS) is 1. The van der Waals surface area contributed by atoms with Gasteiger partial charge in [0.25, 0.3) is 0 Å². The van der Waals surface area contributed by atoms with Crippen molar-refractivity contribution in [2.75, 3.05) is 18.8 Å². The molecule has 1 rings (SSSR count). The molecule has 0 aromatic heterocycles. The van der Waals surface area contributed by atoms with Crippen molar-refractivity contribution in [1.29, 1.82) is 0 Å². The van der Waals surface area contributed by atoms with Crippen LogP contribution in [0, 0.1) is 0 Å². The molecule has 1 aromatic carbocycles. The summed E-state index contributed by atoms with van der Waals surface area (Å²) in [7, 11) is 0. The van der Waals surface area contributed by atoms with Crippen molar-refractivity contribution in [3.8, 4) is 0 Å². The van der Waals surface area contributed by atoms with Crippen LogP contribution in [0.25, 0.3) is 0 Å². The maximum atomic E-state index is 11.4. The highest BCUT2D eigenvalue weighted by Gasteiger charge is 2.11. The Balaban J connectivity index is 2.09. The average Bonchev–Trinajstić information content (AvgIpc) is 2.42. The molecule has 5 nitrogen and oxygen atoms in total. The van der Waals surface area contributed by atoms with E-state index in [1.807, 2.05) is 30.3 Å². The second-order valence-corrected chi connectivity index (χ2v) is 5.12. The average molecular weight is 282 g/mol. The van der Waals surface area contributed by atoms with Crippen LogP contribution in [0.3, 0.4) is 0 Å². The third-order valence-corrected chi connectivity index (χ3v) is 3.39. The van der Waals surface area contributed by atoms with Crippen LogP contribution in [0.5, 0.6) is 0 Å². The molecule has 0 aliphatic rings. The predicted molar refractivity (Wildman–Crippen MR) is 75.3 cm³/mol. The van der Waals surface area contributed by atoms with Crippen LogP contribution >= 0.6 is 11.8 Å². The van der Waals surface area contributed by atoms with E-state index < -0.39 is 12.0 Å². The van der Waals surface area contributed by atoms with Gasteiger partial charge in [0.05, 0.1) is 6.54 Å². The zero-order valence-electron chi connectivity index (χ0n) is 10.8. The van der Waals surface area contributed by atoms with E-state index in [2.05, 4.69) is 10.6 Å². The highest BCUT2D eigenvalue weighted by atomic mass is 32.2. The maximum absolute atomic E-state index is 11.4. The number of carbonyl (C=O) groups is 2. The zero-order chi connectivity index (χ0) is 14.1. The van der Waals surface area contributed by atoms with Gasteiger partial charge in [-0.05, 0) is 19.1 Å². The molecule has 0 spiro atoms. The van der Waals surface area contributed by atoms with E-state index in [0.29, 0.717) is 6.54 Å². The Hall–Kier alpha value is -1.53. The Morgan fingerprint density at radius 3 is 2.63 bits per heavy atom. The SMILES string of the molecule is C[C@@H](NCC(=O)NCCSc1ccccc1)C(=O)O. The number of carbonyl (C=O) groups excluding carboxylic acids is 1. The lowest BCUT2D eigenvalue weighted by molar-refractivity contribution is -0.139. The van der Waals surface area contributed by atoms with Crippen LogP contribution in [0.15, 0.2) is 35.2 Å². The summed E-state index contributed by atoms with van der Waals surface area (Å²) in [6, 6.07) is 9.21. The first-order chi connectivity index (χ1) is 9.09. The molecule has 0 radical (unpaired) electrons. The van der Waals surface area contributed by atoms with E-state index in [1.165, 1.54) is 6.92 Å². The molecule has 0 saturated heterocycles. The lowest BCUT2D eigenvalue weighted by atomic mass is 10.3. The number of thioether (sulfide) groups is 1. The van der Waals surface area contributed by atoms with Gasteiger partial charge in [0.15, 0.2) is 0 Å². The van der Waals surface area contributed by atoms with E-state index in [9.17, 15) is 9.59 Å². The molecule has 0 saturated carbocycles. The minimum Gasteiger partial charge on any atom is -0.480 e. The molecule has 0 aliphatic carbocycles. The van der Waals surface area contributed by atoms with Crippen molar-refractivity contribution in [3.05, 3.63) is 30.3 Å². The van der Waals surface area contributed by atoms with Crippen LogP contribution < -0.4 is 10.6 Å². The fourth-order valence-corrected chi connectivity index (χ4v) is 2.06. The van der Waals surface area contributed by atoms with Gasteiger partial charge in [0.2, 0.25) is 5.91 Å². The van der Waals surface area contributed by atoms with Gasteiger partial charge < -0.3 is 10.4 Å². The van der Waals surface area contributed by atoms with Crippen molar-refractivity contribution in [1.82, 2.24) is 10.6 Å². The summed E-state index contributed by atoms with van der Waals surface area (Å²) in [4.78, 5) is 23.1. The Kier molecular flexibility index (Phi) is 6.99. The Bertz CT molecular complexity index is 412. The minimum absolute atomic E-state index is 0.0173. The van der Waals surface area contributed by atoms with Gasteiger partial charge in [0.1, 0.15) is 6.04 Å². The standard InChI is InChI=1S/C13H18N2O3S/c1-10(13(17)18)15-9-12(16)14-7-8-19-11-5-3-2-4-6-11/h2-6,10,15H,7-9H2,1H3,(H,14,16)(H,17,18)/t10-/m1/s1. The number of rotatable bonds is 8. The molecule has 19 heavy (non-hydrogen) atoms. The van der Waals surface area contributed by atoms with Crippen molar-refractivity contribution in [2.45, 2.75) is 17.9 Å². The number of aliphatic carboxylic acids is 1. The fraction of sp³-hybridized carbons (Fsp3) is 0.385. The molecule has 0 bridgehead atoms. The summed E-state index contributed by atoms with van der Waals surface area (Å²) < 4.78 is 0. The van der Waals surface area contributed by atoms with Gasteiger partial charge in [-0.1, -0.05) is 18.2 Å². The number of amides is 1. The molecule has 0 aliphatic heterocycles. The lowest BCUT2D eigenvalue weighted by Crippen LogP contribution is -2.41. The minimum atomic E-state index is -0.965. The highest BCUT2D eigenvalue weighted by molar-refractivity contribution is 7.99. The van der Waals surface area contributed by atoms with E-state index in [4.69, 9.17) is 5.11 Å². The van der Waals surface area contributed by atoms with Crippen LogP contribution in [-0.4, -0.2) is 41.9 Å². The summed E-state index contributed by atoms with van der Waals surface area (Å²) >= 11 is 1.66. The van der Waals surface area contributed by atoms with Crippen LogP contribution in [0.2, 0.25) is 0 Å². The van der Waals surface area contributed by atoms with Crippen molar-refractivity contribution in [3.63, 3.8) is 0 Å². The van der Waals surface area contributed by atoms with Crippen molar-refractivity contribution < 1.29 is 14.7 Å². The van der Waals surface area contributed by atoms with Gasteiger partial charge in [0, 0.05) is 17.2 Å². The molecule has 1 aromatic rings. The van der Waals surface area contributed by atoms with Gasteiger partial charge in [-0.15, -0.1) is 11.8 Å². The van der Waals surface area contributed by atoms with Gasteiger partial charge in [-0.2, -0.15) is 0 Å². The normalized spacial score (nSPS) is 11.8. The molecule has 104 valence electrons. The first-order valence-electron chi connectivity index (χ1n) is 6.00. The Morgan fingerprint density at radius 2 is 2.00 bits per heavy atom. The Labute approximate surface area is 116 Å². The number of hydrogen-bond acceptors (Lipinski definition) is 4. The van der Waals surface area contributed by atoms with Crippen LogP contribution in [0.4, 0.5) is 0 Å². The van der Waals surface area contributed by atoms with E-state index in [-0.39, 0.29) is 12.5 Å².